The molecule has 0 aromatic carbocycles. The van der Waals surface area contributed by atoms with Gasteiger partial charge in [-0.3, -0.25) is 4.79 Å². The summed E-state index contributed by atoms with van der Waals surface area (Å²) in [7, 11) is 0. The molecular formula is C11H16BrClN2OS. The maximum absolute atomic E-state index is 11.7. The van der Waals surface area contributed by atoms with Gasteiger partial charge in [-0.05, 0) is 47.4 Å². The van der Waals surface area contributed by atoms with E-state index in [9.17, 15) is 4.79 Å². The van der Waals surface area contributed by atoms with Crippen LogP contribution in [0.1, 0.15) is 17.7 Å². The predicted molar refractivity (Wildman–Crippen MR) is 77.0 cm³/mol. The Kier molecular flexibility index (Phi) is 6.48. The summed E-state index contributed by atoms with van der Waals surface area (Å²) in [6.45, 7) is 1.98. The van der Waals surface area contributed by atoms with Gasteiger partial charge in [0.25, 0.3) is 0 Å². The molecule has 1 aliphatic rings. The second kappa shape index (κ2) is 7.36. The highest BCUT2D eigenvalue weighted by atomic mass is 79.9. The van der Waals surface area contributed by atoms with Crippen LogP contribution in [0, 0.1) is 0 Å². The van der Waals surface area contributed by atoms with E-state index in [-0.39, 0.29) is 18.3 Å². The largest absolute Gasteiger partial charge is 0.352 e. The third-order valence-corrected chi connectivity index (χ3v) is 4.25. The molecule has 96 valence electrons. The fraction of sp³-hybridized carbons (Fsp3) is 0.545. The lowest BCUT2D eigenvalue weighted by molar-refractivity contribution is -0.121. The van der Waals surface area contributed by atoms with Crippen molar-refractivity contribution in [2.24, 2.45) is 0 Å². The number of halogens is 2. The quantitative estimate of drug-likeness (QED) is 0.887. The van der Waals surface area contributed by atoms with Gasteiger partial charge in [-0.1, -0.05) is 0 Å². The first kappa shape index (κ1) is 15.0. The van der Waals surface area contributed by atoms with Gasteiger partial charge >= 0.3 is 0 Å². The summed E-state index contributed by atoms with van der Waals surface area (Å²) in [5.74, 6) is 0.128. The van der Waals surface area contributed by atoms with E-state index >= 15 is 0 Å². The molecule has 1 saturated heterocycles. The molecular weight excluding hydrogens is 324 g/mol. The molecule has 6 heteroatoms. The minimum atomic E-state index is 0. The van der Waals surface area contributed by atoms with Crippen molar-refractivity contribution in [1.82, 2.24) is 10.6 Å². The van der Waals surface area contributed by atoms with Crippen molar-refractivity contribution in [2.45, 2.75) is 25.3 Å². The zero-order chi connectivity index (χ0) is 11.4. The zero-order valence-electron chi connectivity index (χ0n) is 9.37. The summed E-state index contributed by atoms with van der Waals surface area (Å²) < 4.78 is 1.08. The van der Waals surface area contributed by atoms with Crippen molar-refractivity contribution in [3.8, 4) is 0 Å². The van der Waals surface area contributed by atoms with Gasteiger partial charge in [0.15, 0.2) is 0 Å². The van der Waals surface area contributed by atoms with Crippen molar-refractivity contribution in [3.63, 3.8) is 0 Å². The molecule has 1 aromatic rings. The summed E-state index contributed by atoms with van der Waals surface area (Å²) in [4.78, 5) is 12.8. The third-order valence-electron chi connectivity index (χ3n) is 2.63. The molecule has 0 unspecified atom stereocenters. The van der Waals surface area contributed by atoms with E-state index in [1.165, 1.54) is 0 Å². The van der Waals surface area contributed by atoms with E-state index in [1.54, 1.807) is 11.3 Å². The van der Waals surface area contributed by atoms with Crippen LogP contribution in [-0.4, -0.2) is 25.0 Å². The Morgan fingerprint density at radius 2 is 2.41 bits per heavy atom. The maximum Gasteiger partial charge on any atom is 0.225 e. The zero-order valence-corrected chi connectivity index (χ0v) is 12.6. The van der Waals surface area contributed by atoms with Gasteiger partial charge in [0.05, 0.1) is 10.2 Å². The molecule has 17 heavy (non-hydrogen) atoms. The first-order valence-corrected chi connectivity index (χ1v) is 7.09. The Labute approximate surface area is 120 Å². The average molecular weight is 340 g/mol. The Morgan fingerprint density at radius 3 is 3.00 bits per heavy atom. The summed E-state index contributed by atoms with van der Waals surface area (Å²) in [6, 6.07) is 4.28. The number of piperidine rings is 1. The SMILES string of the molecule is Cl.O=C(Cc1ccc(Br)s1)N[C@H]1CCCNC1. The molecule has 1 aliphatic heterocycles. The second-order valence-corrected chi connectivity index (χ2v) is 6.54. The second-order valence-electron chi connectivity index (χ2n) is 3.99. The standard InChI is InChI=1S/C11H15BrN2OS.ClH/c12-10-4-3-9(16-10)6-11(15)14-8-2-1-5-13-7-8;/h3-4,8,13H,1-2,5-7H2,(H,14,15);1H/t8-;/m0./s1. The van der Waals surface area contributed by atoms with Gasteiger partial charge in [0.1, 0.15) is 0 Å². The van der Waals surface area contributed by atoms with Crippen LogP contribution in [0.5, 0.6) is 0 Å². The third kappa shape index (κ3) is 4.95. The predicted octanol–water partition coefficient (Wildman–Crippen LogP) is 2.34. The molecule has 2 N–H and O–H groups in total. The van der Waals surface area contributed by atoms with Crippen molar-refractivity contribution >= 4 is 45.6 Å². The molecule has 0 saturated carbocycles. The number of hydrogen-bond acceptors (Lipinski definition) is 3. The number of carbonyl (C=O) groups excluding carboxylic acids is 1. The van der Waals surface area contributed by atoms with Gasteiger partial charge in [-0.2, -0.15) is 0 Å². The lowest BCUT2D eigenvalue weighted by Gasteiger charge is -2.23. The number of carbonyl (C=O) groups is 1. The number of amides is 1. The molecule has 3 nitrogen and oxygen atoms in total. The lowest BCUT2D eigenvalue weighted by atomic mass is 10.1. The molecule has 1 aromatic heterocycles. The number of thiophene rings is 1. The smallest absolute Gasteiger partial charge is 0.225 e. The fourth-order valence-electron chi connectivity index (χ4n) is 1.86. The van der Waals surface area contributed by atoms with Crippen LogP contribution in [0.25, 0.3) is 0 Å². The molecule has 0 spiro atoms. The van der Waals surface area contributed by atoms with E-state index < -0.39 is 0 Å². The van der Waals surface area contributed by atoms with Crippen LogP contribution in [-0.2, 0) is 11.2 Å². The van der Waals surface area contributed by atoms with Crippen molar-refractivity contribution in [2.75, 3.05) is 13.1 Å². The van der Waals surface area contributed by atoms with E-state index in [0.29, 0.717) is 12.5 Å². The van der Waals surface area contributed by atoms with E-state index in [0.717, 1.165) is 34.6 Å². The molecule has 0 bridgehead atoms. The molecule has 0 aliphatic carbocycles. The highest BCUT2D eigenvalue weighted by molar-refractivity contribution is 9.11. The fourth-order valence-corrected chi connectivity index (χ4v) is 3.34. The summed E-state index contributed by atoms with van der Waals surface area (Å²) in [5.41, 5.74) is 0. The first-order valence-electron chi connectivity index (χ1n) is 5.48. The van der Waals surface area contributed by atoms with Crippen molar-refractivity contribution in [1.29, 1.82) is 0 Å². The van der Waals surface area contributed by atoms with Crippen LogP contribution in [0.3, 0.4) is 0 Å². The van der Waals surface area contributed by atoms with Crippen LogP contribution < -0.4 is 10.6 Å². The van der Waals surface area contributed by atoms with Crippen LogP contribution in [0.2, 0.25) is 0 Å². The molecule has 2 rings (SSSR count). The van der Waals surface area contributed by atoms with E-state index in [2.05, 4.69) is 26.6 Å². The molecule has 1 atom stereocenters. The number of hydrogen-bond donors (Lipinski definition) is 2. The summed E-state index contributed by atoms with van der Waals surface area (Å²) in [6.07, 6.45) is 2.73. The van der Waals surface area contributed by atoms with E-state index in [4.69, 9.17) is 0 Å². The number of nitrogens with one attached hydrogen (secondary N) is 2. The molecule has 1 amide bonds. The Hall–Kier alpha value is -0.100. The highest BCUT2D eigenvalue weighted by Gasteiger charge is 2.15. The molecule has 1 fully saturated rings. The first-order chi connectivity index (χ1) is 7.74. The minimum absolute atomic E-state index is 0. The summed E-state index contributed by atoms with van der Waals surface area (Å²) in [5, 5.41) is 6.36. The lowest BCUT2D eigenvalue weighted by Crippen LogP contribution is -2.46. The van der Waals surface area contributed by atoms with Crippen molar-refractivity contribution in [3.05, 3.63) is 20.8 Å². The van der Waals surface area contributed by atoms with Gasteiger partial charge in [-0.15, -0.1) is 23.7 Å². The Bertz CT molecular complexity index is 366. The number of rotatable bonds is 3. The highest BCUT2D eigenvalue weighted by Crippen LogP contribution is 2.22. The molecule has 2 heterocycles. The van der Waals surface area contributed by atoms with Gasteiger partial charge in [0, 0.05) is 17.5 Å². The van der Waals surface area contributed by atoms with Crippen LogP contribution in [0.4, 0.5) is 0 Å². The Morgan fingerprint density at radius 1 is 1.59 bits per heavy atom. The Balaban J connectivity index is 0.00000144. The minimum Gasteiger partial charge on any atom is -0.352 e. The van der Waals surface area contributed by atoms with Gasteiger partial charge < -0.3 is 10.6 Å². The van der Waals surface area contributed by atoms with E-state index in [1.807, 2.05) is 12.1 Å². The van der Waals surface area contributed by atoms with Crippen molar-refractivity contribution < 1.29 is 4.79 Å². The summed E-state index contributed by atoms with van der Waals surface area (Å²) >= 11 is 5.02. The van der Waals surface area contributed by atoms with Crippen LogP contribution in [0.15, 0.2) is 15.9 Å². The van der Waals surface area contributed by atoms with Gasteiger partial charge in [0.2, 0.25) is 5.91 Å². The normalized spacial score (nSPS) is 19.5. The maximum atomic E-state index is 11.7. The average Bonchev–Trinajstić information content (AvgIpc) is 2.65. The van der Waals surface area contributed by atoms with Gasteiger partial charge in [-0.25, -0.2) is 0 Å². The monoisotopic (exact) mass is 338 g/mol. The van der Waals surface area contributed by atoms with Crippen LogP contribution >= 0.6 is 39.7 Å². The topological polar surface area (TPSA) is 41.1 Å². The molecule has 0 radical (unpaired) electrons.